The van der Waals surface area contributed by atoms with Crippen LogP contribution in [0.1, 0.15) is 33.6 Å². The summed E-state index contributed by atoms with van der Waals surface area (Å²) in [6.45, 7) is 5.00. The molecule has 2 amide bonds. The van der Waals surface area contributed by atoms with Gasteiger partial charge in [0.15, 0.2) is 0 Å². The first-order valence-corrected chi connectivity index (χ1v) is 11.5. The topological polar surface area (TPSA) is 102 Å². The average Bonchev–Trinajstić information content (AvgIpc) is 3.40. The van der Waals surface area contributed by atoms with Gasteiger partial charge in [0.25, 0.3) is 5.91 Å². The molecular weight excluding hydrogens is 436 g/mol. The lowest BCUT2D eigenvalue weighted by molar-refractivity contribution is -0.131. The number of carbonyl (C=O) groups is 3. The highest BCUT2D eigenvalue weighted by molar-refractivity contribution is 6.09. The van der Waals surface area contributed by atoms with E-state index in [1.54, 1.807) is 36.4 Å². The average molecular weight is 467 g/mol. The predicted octanol–water partition coefficient (Wildman–Crippen LogP) is 2.39. The van der Waals surface area contributed by atoms with Crippen molar-refractivity contribution in [2.45, 2.75) is 12.8 Å². The minimum Gasteiger partial charge on any atom is -0.496 e. The third-order valence-electron chi connectivity index (χ3n) is 6.39. The number of nitrogens with zero attached hydrogens (tertiary/aromatic N) is 3. The van der Waals surface area contributed by atoms with Crippen molar-refractivity contribution in [1.29, 1.82) is 0 Å². The quantitative estimate of drug-likeness (QED) is 0.646. The highest BCUT2D eigenvalue weighted by Crippen LogP contribution is 2.26. The van der Waals surface area contributed by atoms with Gasteiger partial charge in [-0.2, -0.15) is 0 Å². The van der Waals surface area contributed by atoms with Crippen LogP contribution in [0.15, 0.2) is 42.5 Å². The molecule has 0 radical (unpaired) electrons. The van der Waals surface area contributed by atoms with Gasteiger partial charge in [-0.15, -0.1) is 0 Å². The lowest BCUT2D eigenvalue weighted by Crippen LogP contribution is -2.49. The highest BCUT2D eigenvalue weighted by Gasteiger charge is 2.24. The summed E-state index contributed by atoms with van der Waals surface area (Å²) in [6.07, 6.45) is 2.17. The van der Waals surface area contributed by atoms with Gasteiger partial charge < -0.3 is 25.0 Å². The van der Waals surface area contributed by atoms with Crippen molar-refractivity contribution in [1.82, 2.24) is 9.80 Å². The number of benzene rings is 2. The van der Waals surface area contributed by atoms with Crippen molar-refractivity contribution >= 4 is 29.2 Å². The fraction of sp³-hybridized carbons (Fsp3) is 0.400. The van der Waals surface area contributed by atoms with E-state index in [4.69, 9.17) is 4.74 Å². The maximum atomic E-state index is 12.7. The molecule has 2 saturated heterocycles. The molecule has 34 heavy (non-hydrogen) atoms. The molecule has 0 aromatic heterocycles. The summed E-state index contributed by atoms with van der Waals surface area (Å²) in [5, 5.41) is 12.5. The molecule has 2 N–H and O–H groups in total. The van der Waals surface area contributed by atoms with Gasteiger partial charge >= 0.3 is 5.97 Å². The van der Waals surface area contributed by atoms with E-state index in [1.807, 2.05) is 11.0 Å². The number of likely N-dealkylation sites (tertiary alicyclic amines) is 1. The van der Waals surface area contributed by atoms with E-state index in [0.717, 1.165) is 44.7 Å². The van der Waals surface area contributed by atoms with Crippen LogP contribution in [-0.2, 0) is 4.79 Å². The number of carbonyl (C=O) groups excluding carboxylic acids is 2. The molecule has 0 bridgehead atoms. The number of hydrogen-bond donors (Lipinski definition) is 2. The summed E-state index contributed by atoms with van der Waals surface area (Å²) in [4.78, 5) is 43.3. The summed E-state index contributed by atoms with van der Waals surface area (Å²) in [6, 6.07) is 11.8. The number of piperazine rings is 1. The summed E-state index contributed by atoms with van der Waals surface area (Å²) in [5.41, 5.74) is 1.35. The lowest BCUT2D eigenvalue weighted by atomic mass is 10.1. The Bertz CT molecular complexity index is 1060. The van der Waals surface area contributed by atoms with Gasteiger partial charge in [0.2, 0.25) is 5.91 Å². The monoisotopic (exact) mass is 466 g/mol. The maximum Gasteiger partial charge on any atom is 0.337 e. The van der Waals surface area contributed by atoms with Crippen molar-refractivity contribution in [3.05, 3.63) is 53.6 Å². The van der Waals surface area contributed by atoms with E-state index in [0.29, 0.717) is 30.9 Å². The van der Waals surface area contributed by atoms with Crippen LogP contribution in [0.5, 0.6) is 5.75 Å². The van der Waals surface area contributed by atoms with Crippen LogP contribution in [0.25, 0.3) is 0 Å². The van der Waals surface area contributed by atoms with Crippen LogP contribution in [-0.4, -0.2) is 85.6 Å². The van der Waals surface area contributed by atoms with Crippen molar-refractivity contribution in [3.63, 3.8) is 0 Å². The summed E-state index contributed by atoms with van der Waals surface area (Å²) < 4.78 is 5.23. The van der Waals surface area contributed by atoms with Crippen molar-refractivity contribution in [3.8, 4) is 5.75 Å². The Balaban J connectivity index is 1.41. The molecule has 2 heterocycles. The zero-order valence-electron chi connectivity index (χ0n) is 19.3. The zero-order valence-corrected chi connectivity index (χ0v) is 19.3. The molecule has 2 aromatic carbocycles. The molecule has 180 valence electrons. The van der Waals surface area contributed by atoms with E-state index < -0.39 is 11.9 Å². The van der Waals surface area contributed by atoms with Gasteiger partial charge in [0.1, 0.15) is 5.75 Å². The van der Waals surface area contributed by atoms with Gasteiger partial charge in [0, 0.05) is 45.0 Å². The number of nitrogens with one attached hydrogen (secondary N) is 1. The number of ether oxygens (including phenoxy) is 1. The molecule has 0 unspecified atom stereocenters. The van der Waals surface area contributed by atoms with Crippen LogP contribution in [0.2, 0.25) is 0 Å². The van der Waals surface area contributed by atoms with Crippen LogP contribution in [0.4, 0.5) is 11.4 Å². The molecule has 2 aliphatic heterocycles. The second kappa shape index (κ2) is 10.6. The van der Waals surface area contributed by atoms with Crippen molar-refractivity contribution < 1.29 is 24.2 Å². The molecule has 0 saturated carbocycles. The Morgan fingerprint density at radius 2 is 1.65 bits per heavy atom. The lowest BCUT2D eigenvalue weighted by Gasteiger charge is -2.36. The Hall–Kier alpha value is -3.59. The van der Waals surface area contributed by atoms with Gasteiger partial charge in [0.05, 0.1) is 30.5 Å². The SMILES string of the molecule is COc1ccccc1C(=O)Nc1ccc(N2CCN(CC(=O)N3CCCC3)CC2)cc1C(=O)O. The molecule has 9 heteroatoms. The first kappa shape index (κ1) is 23.6. The van der Waals surface area contributed by atoms with Gasteiger partial charge in [-0.3, -0.25) is 14.5 Å². The van der Waals surface area contributed by atoms with E-state index in [2.05, 4.69) is 15.1 Å². The van der Waals surface area contributed by atoms with Gasteiger partial charge in [-0.1, -0.05) is 12.1 Å². The van der Waals surface area contributed by atoms with Crippen molar-refractivity contribution in [2.75, 3.05) is 63.1 Å². The number of para-hydroxylation sites is 1. The molecular formula is C25H30N4O5. The molecule has 2 aliphatic rings. The largest absolute Gasteiger partial charge is 0.496 e. The minimum atomic E-state index is -1.12. The number of carboxylic acid groups (broad SMARTS) is 1. The van der Waals surface area contributed by atoms with Crippen molar-refractivity contribution in [2.24, 2.45) is 0 Å². The fourth-order valence-corrected chi connectivity index (χ4v) is 4.46. The smallest absolute Gasteiger partial charge is 0.337 e. The summed E-state index contributed by atoms with van der Waals surface area (Å²) in [5.74, 6) is -0.958. The maximum absolute atomic E-state index is 12.7. The van der Waals surface area contributed by atoms with E-state index in [-0.39, 0.29) is 17.2 Å². The standard InChI is InChI=1S/C25H30N4O5/c1-34-22-7-3-2-6-19(22)24(31)26-21-9-8-18(16-20(21)25(32)33)28-14-12-27(13-15-28)17-23(30)29-10-4-5-11-29/h2-3,6-9,16H,4-5,10-15,17H2,1H3,(H,26,31)(H,32,33). The predicted molar refractivity (Wildman–Crippen MR) is 129 cm³/mol. The highest BCUT2D eigenvalue weighted by atomic mass is 16.5. The fourth-order valence-electron chi connectivity index (χ4n) is 4.46. The molecule has 0 atom stereocenters. The Kier molecular flexibility index (Phi) is 7.32. The number of anilines is 2. The number of aromatic carboxylic acids is 1. The third kappa shape index (κ3) is 5.31. The number of amides is 2. The van der Waals surface area contributed by atoms with Crippen LogP contribution in [0, 0.1) is 0 Å². The molecule has 2 fully saturated rings. The summed E-state index contributed by atoms with van der Waals surface area (Å²) >= 11 is 0. The normalized spacial score (nSPS) is 16.4. The number of hydrogen-bond acceptors (Lipinski definition) is 6. The molecule has 9 nitrogen and oxygen atoms in total. The van der Waals surface area contributed by atoms with Crippen LogP contribution < -0.4 is 15.0 Å². The van der Waals surface area contributed by atoms with Gasteiger partial charge in [-0.25, -0.2) is 4.79 Å². The van der Waals surface area contributed by atoms with E-state index in [9.17, 15) is 19.5 Å². The number of carboxylic acids is 1. The zero-order chi connectivity index (χ0) is 24.1. The molecule has 0 spiro atoms. The third-order valence-corrected chi connectivity index (χ3v) is 6.39. The number of methoxy groups -OCH3 is 1. The van der Waals surface area contributed by atoms with E-state index >= 15 is 0 Å². The molecule has 2 aromatic rings. The Morgan fingerprint density at radius 3 is 2.32 bits per heavy atom. The molecule has 4 rings (SSSR count). The van der Waals surface area contributed by atoms with Gasteiger partial charge in [-0.05, 0) is 43.2 Å². The Labute approximate surface area is 198 Å². The second-order valence-electron chi connectivity index (χ2n) is 8.54. The number of rotatable bonds is 7. The minimum absolute atomic E-state index is 0.0207. The summed E-state index contributed by atoms with van der Waals surface area (Å²) in [7, 11) is 1.48. The van der Waals surface area contributed by atoms with Crippen LogP contribution >= 0.6 is 0 Å². The van der Waals surface area contributed by atoms with E-state index in [1.165, 1.54) is 7.11 Å². The second-order valence-corrected chi connectivity index (χ2v) is 8.54. The first-order valence-electron chi connectivity index (χ1n) is 11.5. The Morgan fingerprint density at radius 1 is 0.941 bits per heavy atom. The van der Waals surface area contributed by atoms with Crippen LogP contribution in [0.3, 0.4) is 0 Å². The molecule has 0 aliphatic carbocycles. The first-order chi connectivity index (χ1) is 16.5.